The second-order valence-electron chi connectivity index (χ2n) is 4.30. The lowest BCUT2D eigenvalue weighted by Gasteiger charge is -2.07. The van der Waals surface area contributed by atoms with Gasteiger partial charge in [-0.05, 0) is 19.1 Å². The first-order valence-corrected chi connectivity index (χ1v) is 5.86. The van der Waals surface area contributed by atoms with Gasteiger partial charge in [0.15, 0.2) is 0 Å². The second kappa shape index (κ2) is 4.28. The van der Waals surface area contributed by atoms with Crippen molar-refractivity contribution in [3.63, 3.8) is 0 Å². The van der Waals surface area contributed by atoms with E-state index in [1.54, 1.807) is 42.3 Å². The number of nitrogens with zero attached hydrogens (tertiary/aromatic N) is 3. The van der Waals surface area contributed by atoms with Crippen molar-refractivity contribution >= 4 is 10.9 Å². The lowest BCUT2D eigenvalue weighted by Crippen LogP contribution is -1.95. The van der Waals surface area contributed by atoms with Crippen LogP contribution >= 0.6 is 0 Å². The van der Waals surface area contributed by atoms with E-state index in [4.69, 9.17) is 4.74 Å². The summed E-state index contributed by atoms with van der Waals surface area (Å²) < 4.78 is 6.94. The summed E-state index contributed by atoms with van der Waals surface area (Å²) >= 11 is 0. The highest BCUT2D eigenvalue weighted by Gasteiger charge is 2.07. The van der Waals surface area contributed by atoms with Crippen LogP contribution in [-0.4, -0.2) is 26.8 Å². The Labute approximate surface area is 110 Å². The SMILES string of the molecule is COc1ccc2c(O)cc(-n3cnc(C)c3)nc2c1. The molecule has 0 unspecified atom stereocenters. The van der Waals surface area contributed by atoms with Crippen LogP contribution in [0.2, 0.25) is 0 Å². The first kappa shape index (κ1) is 11.5. The normalized spacial score (nSPS) is 10.8. The zero-order chi connectivity index (χ0) is 13.4. The molecule has 0 bridgehead atoms. The minimum Gasteiger partial charge on any atom is -0.507 e. The van der Waals surface area contributed by atoms with Gasteiger partial charge in [0.1, 0.15) is 23.6 Å². The first-order valence-electron chi connectivity index (χ1n) is 5.86. The Kier molecular flexibility index (Phi) is 2.59. The number of imidazole rings is 1. The molecular weight excluding hydrogens is 242 g/mol. The van der Waals surface area contributed by atoms with Gasteiger partial charge in [0.05, 0.1) is 18.3 Å². The summed E-state index contributed by atoms with van der Waals surface area (Å²) in [5, 5.41) is 10.8. The number of aromatic hydroxyl groups is 1. The highest BCUT2D eigenvalue weighted by atomic mass is 16.5. The highest BCUT2D eigenvalue weighted by molar-refractivity contribution is 5.86. The molecule has 0 aliphatic heterocycles. The molecule has 5 heteroatoms. The molecule has 0 atom stereocenters. The van der Waals surface area contributed by atoms with E-state index in [2.05, 4.69) is 9.97 Å². The maximum absolute atomic E-state index is 10.1. The van der Waals surface area contributed by atoms with Gasteiger partial charge in [-0.1, -0.05) is 0 Å². The fourth-order valence-corrected chi connectivity index (χ4v) is 1.98. The average Bonchev–Trinajstić information content (AvgIpc) is 2.84. The molecular formula is C14H13N3O2. The number of fused-ring (bicyclic) bond motifs is 1. The van der Waals surface area contributed by atoms with Crippen molar-refractivity contribution in [2.45, 2.75) is 6.92 Å². The van der Waals surface area contributed by atoms with Crippen LogP contribution in [0.25, 0.3) is 16.7 Å². The van der Waals surface area contributed by atoms with Crippen molar-refractivity contribution in [1.82, 2.24) is 14.5 Å². The molecule has 2 aromatic heterocycles. The molecule has 5 nitrogen and oxygen atoms in total. The largest absolute Gasteiger partial charge is 0.507 e. The summed E-state index contributed by atoms with van der Waals surface area (Å²) in [4.78, 5) is 8.66. The highest BCUT2D eigenvalue weighted by Crippen LogP contribution is 2.28. The molecule has 0 fully saturated rings. The Balaban J connectivity index is 2.22. The van der Waals surface area contributed by atoms with Crippen LogP contribution in [0.15, 0.2) is 36.8 Å². The molecule has 19 heavy (non-hydrogen) atoms. The van der Waals surface area contributed by atoms with Crippen molar-refractivity contribution in [2.75, 3.05) is 7.11 Å². The topological polar surface area (TPSA) is 60.2 Å². The molecule has 2 heterocycles. The molecule has 0 amide bonds. The fraction of sp³-hybridized carbons (Fsp3) is 0.143. The Morgan fingerprint density at radius 1 is 1.26 bits per heavy atom. The number of ether oxygens (including phenoxy) is 1. The Bertz CT molecular complexity index is 750. The van der Waals surface area contributed by atoms with Crippen LogP contribution in [0.4, 0.5) is 0 Å². The van der Waals surface area contributed by atoms with Crippen LogP contribution in [0.1, 0.15) is 5.69 Å². The molecule has 0 aliphatic rings. The number of hydrogen-bond acceptors (Lipinski definition) is 4. The predicted octanol–water partition coefficient (Wildman–Crippen LogP) is 2.44. The molecule has 3 aromatic rings. The number of benzene rings is 1. The molecule has 0 aliphatic carbocycles. The van der Waals surface area contributed by atoms with Crippen LogP contribution in [0, 0.1) is 6.92 Å². The lowest BCUT2D eigenvalue weighted by atomic mass is 10.2. The van der Waals surface area contributed by atoms with E-state index in [0.29, 0.717) is 22.5 Å². The number of aryl methyl sites for hydroxylation is 1. The van der Waals surface area contributed by atoms with E-state index in [1.165, 1.54) is 0 Å². The molecule has 0 saturated carbocycles. The van der Waals surface area contributed by atoms with Gasteiger partial charge in [0.2, 0.25) is 0 Å². The predicted molar refractivity (Wildman–Crippen MR) is 71.8 cm³/mol. The van der Waals surface area contributed by atoms with Crippen LogP contribution in [0.5, 0.6) is 11.5 Å². The van der Waals surface area contributed by atoms with Crippen molar-refractivity contribution in [2.24, 2.45) is 0 Å². The summed E-state index contributed by atoms with van der Waals surface area (Å²) in [6.07, 6.45) is 3.52. The van der Waals surface area contributed by atoms with Crippen molar-refractivity contribution in [3.8, 4) is 17.3 Å². The minimum absolute atomic E-state index is 0.189. The summed E-state index contributed by atoms with van der Waals surface area (Å²) in [6.45, 7) is 1.90. The van der Waals surface area contributed by atoms with Gasteiger partial charge in [0, 0.05) is 23.7 Å². The molecule has 0 radical (unpaired) electrons. The smallest absolute Gasteiger partial charge is 0.142 e. The van der Waals surface area contributed by atoms with Crippen molar-refractivity contribution < 1.29 is 9.84 Å². The number of pyridine rings is 1. The van der Waals surface area contributed by atoms with E-state index in [-0.39, 0.29) is 5.75 Å². The van der Waals surface area contributed by atoms with Gasteiger partial charge in [-0.3, -0.25) is 4.57 Å². The van der Waals surface area contributed by atoms with E-state index >= 15 is 0 Å². The van der Waals surface area contributed by atoms with Gasteiger partial charge < -0.3 is 9.84 Å². The second-order valence-corrected chi connectivity index (χ2v) is 4.30. The van der Waals surface area contributed by atoms with Crippen LogP contribution in [-0.2, 0) is 0 Å². The van der Waals surface area contributed by atoms with E-state index in [9.17, 15) is 5.11 Å². The third-order valence-electron chi connectivity index (χ3n) is 2.96. The maximum Gasteiger partial charge on any atom is 0.142 e. The molecule has 96 valence electrons. The fourth-order valence-electron chi connectivity index (χ4n) is 1.98. The lowest BCUT2D eigenvalue weighted by molar-refractivity contribution is 0.415. The van der Waals surface area contributed by atoms with Crippen molar-refractivity contribution in [1.29, 1.82) is 0 Å². The van der Waals surface area contributed by atoms with E-state index in [1.807, 2.05) is 13.1 Å². The summed E-state index contributed by atoms with van der Waals surface area (Å²) in [6, 6.07) is 7.00. The zero-order valence-electron chi connectivity index (χ0n) is 10.7. The van der Waals surface area contributed by atoms with E-state index in [0.717, 1.165) is 5.69 Å². The number of rotatable bonds is 2. The van der Waals surface area contributed by atoms with Crippen LogP contribution in [0.3, 0.4) is 0 Å². The van der Waals surface area contributed by atoms with Crippen LogP contribution < -0.4 is 4.74 Å². The maximum atomic E-state index is 10.1. The summed E-state index contributed by atoms with van der Waals surface area (Å²) in [5.41, 5.74) is 1.58. The van der Waals surface area contributed by atoms with Gasteiger partial charge in [0.25, 0.3) is 0 Å². The monoisotopic (exact) mass is 255 g/mol. The van der Waals surface area contributed by atoms with Gasteiger partial charge in [-0.2, -0.15) is 0 Å². The third kappa shape index (κ3) is 1.99. The third-order valence-corrected chi connectivity index (χ3v) is 2.96. The van der Waals surface area contributed by atoms with Crippen molar-refractivity contribution in [3.05, 3.63) is 42.5 Å². The number of aromatic nitrogens is 3. The molecule has 0 spiro atoms. The molecule has 3 rings (SSSR count). The number of methoxy groups -OCH3 is 1. The minimum atomic E-state index is 0.189. The van der Waals surface area contributed by atoms with Gasteiger partial charge in [-0.15, -0.1) is 0 Å². The Morgan fingerprint density at radius 2 is 2.11 bits per heavy atom. The molecule has 1 aromatic carbocycles. The summed E-state index contributed by atoms with van der Waals surface area (Å²) in [5.74, 6) is 1.52. The first-order chi connectivity index (χ1) is 9.17. The number of hydrogen-bond donors (Lipinski definition) is 1. The quantitative estimate of drug-likeness (QED) is 0.764. The zero-order valence-corrected chi connectivity index (χ0v) is 10.7. The van der Waals surface area contributed by atoms with E-state index < -0.39 is 0 Å². The van der Waals surface area contributed by atoms with Gasteiger partial charge in [-0.25, -0.2) is 9.97 Å². The Hall–Kier alpha value is -2.56. The molecule has 1 N–H and O–H groups in total. The standard InChI is InChI=1S/C14H13N3O2/c1-9-7-17(8-15-9)14-6-13(18)11-4-3-10(19-2)5-12(11)16-14/h3-8H,1-2H3,(H,16,18). The summed E-state index contributed by atoms with van der Waals surface area (Å²) in [7, 11) is 1.60. The average molecular weight is 255 g/mol. The Morgan fingerprint density at radius 3 is 2.79 bits per heavy atom. The van der Waals surface area contributed by atoms with Gasteiger partial charge >= 0.3 is 0 Å². The molecule has 0 saturated heterocycles.